The Labute approximate surface area is 190 Å². The number of hydrogen-bond acceptors (Lipinski definition) is 4. The summed E-state index contributed by atoms with van der Waals surface area (Å²) < 4.78 is 0. The first-order valence-electron chi connectivity index (χ1n) is 11.3. The summed E-state index contributed by atoms with van der Waals surface area (Å²) in [7, 11) is 0. The molecule has 2 rings (SSSR count). The summed E-state index contributed by atoms with van der Waals surface area (Å²) in [5, 5.41) is 15.0. The highest BCUT2D eigenvalue weighted by atomic mass is 16.3. The molecular weight excluding hydrogens is 404 g/mol. The van der Waals surface area contributed by atoms with E-state index in [0.29, 0.717) is 25.7 Å². The fourth-order valence-electron chi connectivity index (χ4n) is 3.49. The lowest BCUT2D eigenvalue weighted by atomic mass is 9.96. The van der Waals surface area contributed by atoms with Gasteiger partial charge in [-0.15, -0.1) is 0 Å². The molecule has 0 spiro atoms. The number of aliphatic hydroxyl groups is 1. The van der Waals surface area contributed by atoms with E-state index in [-0.39, 0.29) is 18.2 Å². The maximum atomic E-state index is 13.0. The predicted molar refractivity (Wildman–Crippen MR) is 125 cm³/mol. The zero-order chi connectivity index (χ0) is 23.3. The van der Waals surface area contributed by atoms with Crippen molar-refractivity contribution < 1.29 is 19.5 Å². The molecule has 3 atom stereocenters. The SMILES string of the molecule is CCC(C)[C@H](NC(=O)CCc1ccccc1)C(=O)N[C@@H](CCc1ccccc1)C(=O)CO. The molecule has 32 heavy (non-hydrogen) atoms. The third kappa shape index (κ3) is 8.27. The van der Waals surface area contributed by atoms with E-state index in [9.17, 15) is 19.5 Å². The molecule has 0 aliphatic carbocycles. The summed E-state index contributed by atoms with van der Waals surface area (Å²) in [5.41, 5.74) is 2.10. The largest absolute Gasteiger partial charge is 0.389 e. The summed E-state index contributed by atoms with van der Waals surface area (Å²) in [6, 6.07) is 17.8. The second-order valence-electron chi connectivity index (χ2n) is 8.13. The first-order chi connectivity index (χ1) is 15.4. The zero-order valence-electron chi connectivity index (χ0n) is 18.9. The maximum Gasteiger partial charge on any atom is 0.243 e. The second kappa shape index (κ2) is 13.4. The van der Waals surface area contributed by atoms with Gasteiger partial charge in [0, 0.05) is 6.42 Å². The number of amides is 2. The normalized spacial score (nSPS) is 13.6. The highest BCUT2D eigenvalue weighted by molar-refractivity contribution is 5.93. The summed E-state index contributed by atoms with van der Waals surface area (Å²) in [5.74, 6) is -1.14. The van der Waals surface area contributed by atoms with Gasteiger partial charge >= 0.3 is 0 Å². The molecule has 0 fully saturated rings. The van der Waals surface area contributed by atoms with Gasteiger partial charge in [-0.1, -0.05) is 80.9 Å². The van der Waals surface area contributed by atoms with Gasteiger partial charge in [-0.2, -0.15) is 0 Å². The van der Waals surface area contributed by atoms with Crippen molar-refractivity contribution in [2.45, 2.75) is 58.0 Å². The number of nitrogens with one attached hydrogen (secondary N) is 2. The van der Waals surface area contributed by atoms with Gasteiger partial charge in [0.1, 0.15) is 12.6 Å². The quantitative estimate of drug-likeness (QED) is 0.448. The average Bonchev–Trinajstić information content (AvgIpc) is 2.83. The molecule has 2 amide bonds. The summed E-state index contributed by atoms with van der Waals surface area (Å²) >= 11 is 0. The minimum absolute atomic E-state index is 0.102. The van der Waals surface area contributed by atoms with E-state index in [4.69, 9.17) is 0 Å². The molecular formula is C26H34N2O4. The van der Waals surface area contributed by atoms with E-state index in [1.165, 1.54) is 0 Å². The molecule has 0 bridgehead atoms. The highest BCUT2D eigenvalue weighted by Crippen LogP contribution is 2.12. The number of rotatable bonds is 13. The number of benzene rings is 2. The molecule has 0 saturated carbocycles. The van der Waals surface area contributed by atoms with Crippen LogP contribution in [-0.2, 0) is 27.2 Å². The van der Waals surface area contributed by atoms with Crippen LogP contribution in [0.25, 0.3) is 0 Å². The molecule has 0 aliphatic heterocycles. The third-order valence-electron chi connectivity index (χ3n) is 5.72. The first kappa shape index (κ1) is 25.3. The Morgan fingerprint density at radius 3 is 1.97 bits per heavy atom. The number of carbonyl (C=O) groups is 3. The molecule has 1 unspecified atom stereocenters. The average molecular weight is 439 g/mol. The highest BCUT2D eigenvalue weighted by Gasteiger charge is 2.29. The standard InChI is InChI=1S/C26H34N2O4/c1-3-19(2)25(28-24(31)17-15-21-12-8-5-9-13-21)26(32)27-22(23(30)18-29)16-14-20-10-6-4-7-11-20/h4-13,19,22,25,29H,3,14-18H2,1-2H3,(H,27,32)(H,28,31)/t19?,22-,25-/m0/s1. The molecule has 0 saturated heterocycles. The Hall–Kier alpha value is -2.99. The van der Waals surface area contributed by atoms with E-state index in [1.54, 1.807) is 0 Å². The molecule has 0 radical (unpaired) electrons. The van der Waals surface area contributed by atoms with Crippen molar-refractivity contribution in [3.8, 4) is 0 Å². The monoisotopic (exact) mass is 438 g/mol. The summed E-state index contributed by atoms with van der Waals surface area (Å²) in [4.78, 5) is 37.8. The zero-order valence-corrected chi connectivity index (χ0v) is 18.9. The topological polar surface area (TPSA) is 95.5 Å². The lowest BCUT2D eigenvalue weighted by Crippen LogP contribution is -2.54. The van der Waals surface area contributed by atoms with Crippen LogP contribution in [0.15, 0.2) is 60.7 Å². The van der Waals surface area contributed by atoms with E-state index in [2.05, 4.69) is 10.6 Å². The van der Waals surface area contributed by atoms with E-state index >= 15 is 0 Å². The van der Waals surface area contributed by atoms with Crippen LogP contribution in [-0.4, -0.2) is 41.4 Å². The predicted octanol–water partition coefficient (Wildman–Crippen LogP) is 2.83. The van der Waals surface area contributed by atoms with Crippen LogP contribution in [0.2, 0.25) is 0 Å². The number of ketones is 1. The van der Waals surface area contributed by atoms with Crippen molar-refractivity contribution in [2.24, 2.45) is 5.92 Å². The number of aliphatic hydroxyl groups excluding tert-OH is 1. The molecule has 0 heterocycles. The van der Waals surface area contributed by atoms with E-state index in [0.717, 1.165) is 11.1 Å². The van der Waals surface area contributed by atoms with Gasteiger partial charge in [0.25, 0.3) is 0 Å². The molecule has 172 valence electrons. The van der Waals surface area contributed by atoms with Crippen LogP contribution in [0.3, 0.4) is 0 Å². The minimum Gasteiger partial charge on any atom is -0.389 e. The number of carbonyl (C=O) groups excluding carboxylic acids is 3. The van der Waals surface area contributed by atoms with E-state index < -0.39 is 30.4 Å². The van der Waals surface area contributed by atoms with Gasteiger partial charge in [0.2, 0.25) is 11.8 Å². The molecule has 6 nitrogen and oxygen atoms in total. The molecule has 2 aromatic carbocycles. The lowest BCUT2D eigenvalue weighted by Gasteiger charge is -2.26. The maximum absolute atomic E-state index is 13.0. The van der Waals surface area contributed by atoms with Gasteiger partial charge in [-0.05, 0) is 36.3 Å². The van der Waals surface area contributed by atoms with Crippen molar-refractivity contribution in [3.05, 3.63) is 71.8 Å². The van der Waals surface area contributed by atoms with Gasteiger partial charge in [0.15, 0.2) is 5.78 Å². The van der Waals surface area contributed by atoms with Crippen molar-refractivity contribution >= 4 is 17.6 Å². The van der Waals surface area contributed by atoms with Gasteiger partial charge in [0.05, 0.1) is 6.04 Å². The molecule has 2 aromatic rings. The number of aryl methyl sites for hydroxylation is 2. The van der Waals surface area contributed by atoms with Crippen LogP contribution >= 0.6 is 0 Å². The van der Waals surface area contributed by atoms with Gasteiger partial charge in [-0.25, -0.2) is 0 Å². The van der Waals surface area contributed by atoms with Crippen LogP contribution in [0, 0.1) is 5.92 Å². The van der Waals surface area contributed by atoms with Crippen LogP contribution in [0.5, 0.6) is 0 Å². The van der Waals surface area contributed by atoms with Crippen molar-refractivity contribution in [2.75, 3.05) is 6.61 Å². The Morgan fingerprint density at radius 2 is 1.44 bits per heavy atom. The molecule has 0 aromatic heterocycles. The number of hydrogen-bond donors (Lipinski definition) is 3. The third-order valence-corrected chi connectivity index (χ3v) is 5.72. The molecule has 0 aliphatic rings. The Morgan fingerprint density at radius 1 is 0.875 bits per heavy atom. The van der Waals surface area contributed by atoms with Crippen molar-refractivity contribution in [1.82, 2.24) is 10.6 Å². The Kier molecular flexibility index (Phi) is 10.6. The van der Waals surface area contributed by atoms with Crippen molar-refractivity contribution in [3.63, 3.8) is 0 Å². The lowest BCUT2D eigenvalue weighted by molar-refractivity contribution is -0.133. The Balaban J connectivity index is 1.99. The molecule has 6 heteroatoms. The van der Waals surface area contributed by atoms with Crippen molar-refractivity contribution in [1.29, 1.82) is 0 Å². The van der Waals surface area contributed by atoms with Gasteiger partial charge < -0.3 is 15.7 Å². The Bertz CT molecular complexity index is 855. The second-order valence-corrected chi connectivity index (χ2v) is 8.13. The van der Waals surface area contributed by atoms with Gasteiger partial charge in [-0.3, -0.25) is 14.4 Å². The fraction of sp³-hybridized carbons (Fsp3) is 0.423. The summed E-state index contributed by atoms with van der Waals surface area (Å²) in [6.07, 6.45) is 2.53. The fourth-order valence-corrected chi connectivity index (χ4v) is 3.49. The molecule has 3 N–H and O–H groups in total. The smallest absolute Gasteiger partial charge is 0.243 e. The minimum atomic E-state index is -0.805. The number of Topliss-reactive ketones (excluding diaryl/α,β-unsaturated/α-hetero) is 1. The van der Waals surface area contributed by atoms with Crippen LogP contribution < -0.4 is 10.6 Å². The van der Waals surface area contributed by atoms with Crippen LogP contribution in [0.4, 0.5) is 0 Å². The van der Waals surface area contributed by atoms with E-state index in [1.807, 2.05) is 74.5 Å². The first-order valence-corrected chi connectivity index (χ1v) is 11.3. The summed E-state index contributed by atoms with van der Waals surface area (Å²) in [6.45, 7) is 3.21. The van der Waals surface area contributed by atoms with Crippen LogP contribution in [0.1, 0.15) is 44.2 Å².